The fraction of sp³-hybridized carbons (Fsp3) is 0.600. The van der Waals surface area contributed by atoms with Gasteiger partial charge in [0.2, 0.25) is 11.8 Å². The average Bonchev–Trinajstić information content (AvgIpc) is 2.53. The van der Waals surface area contributed by atoms with E-state index in [1.807, 2.05) is 11.9 Å². The maximum absolute atomic E-state index is 11.0. The molecule has 2 rings (SSSR count). The number of hydrogen-bond donors (Lipinski definition) is 1. The van der Waals surface area contributed by atoms with E-state index in [4.69, 9.17) is 5.73 Å². The highest BCUT2D eigenvalue weighted by atomic mass is 16.6. The van der Waals surface area contributed by atoms with Gasteiger partial charge in [0, 0.05) is 19.6 Å². The van der Waals surface area contributed by atoms with Crippen molar-refractivity contribution < 1.29 is 4.92 Å². The first-order valence-electron chi connectivity index (χ1n) is 5.78. The van der Waals surface area contributed by atoms with Crippen LogP contribution in [0.3, 0.4) is 0 Å². The third-order valence-electron chi connectivity index (χ3n) is 2.98. The van der Waals surface area contributed by atoms with Crippen LogP contribution in [-0.2, 0) is 0 Å². The van der Waals surface area contributed by atoms with E-state index >= 15 is 0 Å². The largest absolute Gasteiger partial charge is 0.368 e. The van der Waals surface area contributed by atoms with Gasteiger partial charge in [0.15, 0.2) is 0 Å². The van der Waals surface area contributed by atoms with Gasteiger partial charge < -0.3 is 15.5 Å². The average molecular weight is 252 g/mol. The monoisotopic (exact) mass is 252 g/mol. The Balaban J connectivity index is 2.30. The van der Waals surface area contributed by atoms with Gasteiger partial charge in [-0.15, -0.1) is 0 Å². The van der Waals surface area contributed by atoms with Crippen molar-refractivity contribution in [3.05, 3.63) is 16.3 Å². The zero-order valence-electron chi connectivity index (χ0n) is 10.2. The Morgan fingerprint density at radius 2 is 2.17 bits per heavy atom. The second-order valence-electron chi connectivity index (χ2n) is 4.34. The van der Waals surface area contributed by atoms with Crippen LogP contribution in [0, 0.1) is 10.1 Å². The minimum absolute atomic E-state index is 0.0631. The van der Waals surface area contributed by atoms with Crippen LogP contribution in [0.15, 0.2) is 6.20 Å². The highest BCUT2D eigenvalue weighted by molar-refractivity contribution is 5.58. The van der Waals surface area contributed by atoms with Crippen molar-refractivity contribution in [2.24, 2.45) is 0 Å². The fourth-order valence-electron chi connectivity index (χ4n) is 2.00. The molecule has 18 heavy (non-hydrogen) atoms. The fourth-order valence-corrected chi connectivity index (χ4v) is 2.00. The van der Waals surface area contributed by atoms with Crippen LogP contribution < -0.4 is 10.6 Å². The summed E-state index contributed by atoms with van der Waals surface area (Å²) >= 11 is 0. The van der Waals surface area contributed by atoms with E-state index in [1.54, 1.807) is 0 Å². The van der Waals surface area contributed by atoms with Crippen molar-refractivity contribution in [2.45, 2.75) is 6.42 Å². The Morgan fingerprint density at radius 3 is 2.89 bits per heavy atom. The number of nitrogen functional groups attached to an aromatic ring is 1. The second kappa shape index (κ2) is 5.13. The number of nitro groups is 1. The van der Waals surface area contributed by atoms with Crippen molar-refractivity contribution in [2.75, 3.05) is 43.9 Å². The van der Waals surface area contributed by atoms with E-state index in [0.29, 0.717) is 12.4 Å². The predicted octanol–water partition coefficient (Wildman–Crippen LogP) is 0.109. The summed E-state index contributed by atoms with van der Waals surface area (Å²) in [4.78, 5) is 22.3. The molecule has 0 unspecified atom stereocenters. The molecule has 0 spiro atoms. The van der Waals surface area contributed by atoms with Gasteiger partial charge >= 0.3 is 5.69 Å². The molecule has 0 bridgehead atoms. The Labute approximate surface area is 105 Å². The number of aromatic nitrogens is 2. The first-order valence-corrected chi connectivity index (χ1v) is 5.78. The summed E-state index contributed by atoms with van der Waals surface area (Å²) in [6, 6.07) is 0. The molecule has 1 aromatic heterocycles. The lowest BCUT2D eigenvalue weighted by Gasteiger charge is -2.21. The molecule has 0 radical (unpaired) electrons. The number of nitrogens with zero attached hydrogens (tertiary/aromatic N) is 5. The topological polar surface area (TPSA) is 101 Å². The lowest BCUT2D eigenvalue weighted by molar-refractivity contribution is -0.384. The lowest BCUT2D eigenvalue weighted by Crippen LogP contribution is -2.30. The number of hydrogen-bond acceptors (Lipinski definition) is 7. The Kier molecular flexibility index (Phi) is 3.56. The lowest BCUT2D eigenvalue weighted by atomic mass is 10.3. The van der Waals surface area contributed by atoms with Crippen LogP contribution in [0.2, 0.25) is 0 Å². The van der Waals surface area contributed by atoms with Crippen LogP contribution in [0.5, 0.6) is 0 Å². The minimum Gasteiger partial charge on any atom is -0.368 e. The van der Waals surface area contributed by atoms with Crippen LogP contribution in [0.25, 0.3) is 0 Å². The van der Waals surface area contributed by atoms with E-state index in [-0.39, 0.29) is 11.6 Å². The zero-order valence-corrected chi connectivity index (χ0v) is 10.2. The van der Waals surface area contributed by atoms with E-state index in [1.165, 1.54) is 6.20 Å². The number of anilines is 2. The summed E-state index contributed by atoms with van der Waals surface area (Å²) < 4.78 is 0. The molecule has 1 aliphatic rings. The van der Waals surface area contributed by atoms with E-state index in [9.17, 15) is 10.1 Å². The Hall–Kier alpha value is -1.96. The molecule has 0 aliphatic carbocycles. The number of likely N-dealkylation sites (N-methyl/N-ethyl adjacent to an activating group) is 1. The van der Waals surface area contributed by atoms with Crippen LogP contribution in [0.1, 0.15) is 6.42 Å². The van der Waals surface area contributed by atoms with Crippen molar-refractivity contribution in [1.82, 2.24) is 14.9 Å². The summed E-state index contributed by atoms with van der Waals surface area (Å²) in [7, 11) is 2.03. The first-order chi connectivity index (χ1) is 8.58. The van der Waals surface area contributed by atoms with Crippen molar-refractivity contribution >= 4 is 17.5 Å². The first kappa shape index (κ1) is 12.5. The minimum atomic E-state index is -0.469. The summed E-state index contributed by atoms with van der Waals surface area (Å²) in [5.41, 5.74) is 5.43. The second-order valence-corrected chi connectivity index (χ2v) is 4.34. The van der Waals surface area contributed by atoms with Crippen LogP contribution >= 0.6 is 0 Å². The Morgan fingerprint density at radius 1 is 1.39 bits per heavy atom. The SMILES string of the molecule is CN1CCCN(c2nc(N)ncc2[N+](=O)[O-])CC1. The molecule has 0 amide bonds. The van der Waals surface area contributed by atoms with Crippen molar-refractivity contribution in [3.8, 4) is 0 Å². The third kappa shape index (κ3) is 2.65. The number of nitrogens with two attached hydrogens (primary N) is 1. The van der Waals surface area contributed by atoms with Crippen LogP contribution in [-0.4, -0.2) is 53.0 Å². The van der Waals surface area contributed by atoms with Gasteiger partial charge in [0.05, 0.1) is 4.92 Å². The summed E-state index contributed by atoms with van der Waals surface area (Å²) in [6.45, 7) is 3.27. The standard InChI is InChI=1S/C10H16N6O2/c1-14-3-2-4-15(6-5-14)9-8(16(17)18)7-12-10(11)13-9/h7H,2-6H2,1H3,(H2,11,12,13). The van der Waals surface area contributed by atoms with E-state index in [2.05, 4.69) is 14.9 Å². The predicted molar refractivity (Wildman–Crippen MR) is 67.4 cm³/mol. The van der Waals surface area contributed by atoms with Gasteiger partial charge in [0.25, 0.3) is 0 Å². The quantitative estimate of drug-likeness (QED) is 0.588. The highest BCUT2D eigenvalue weighted by Gasteiger charge is 2.23. The zero-order chi connectivity index (χ0) is 13.1. The molecule has 1 aromatic rings. The molecule has 0 saturated carbocycles. The van der Waals surface area contributed by atoms with Gasteiger partial charge in [-0.1, -0.05) is 0 Å². The van der Waals surface area contributed by atoms with Gasteiger partial charge in [-0.2, -0.15) is 4.98 Å². The van der Waals surface area contributed by atoms with Gasteiger partial charge in [-0.3, -0.25) is 10.1 Å². The van der Waals surface area contributed by atoms with E-state index in [0.717, 1.165) is 26.1 Å². The molecule has 0 atom stereocenters. The van der Waals surface area contributed by atoms with E-state index < -0.39 is 4.92 Å². The molecular weight excluding hydrogens is 236 g/mol. The molecule has 98 valence electrons. The van der Waals surface area contributed by atoms with Gasteiger partial charge in [0.1, 0.15) is 6.20 Å². The molecule has 8 heteroatoms. The summed E-state index contributed by atoms with van der Waals surface area (Å²) in [6.07, 6.45) is 2.11. The maximum atomic E-state index is 11.0. The molecule has 1 aliphatic heterocycles. The van der Waals surface area contributed by atoms with Crippen LogP contribution in [0.4, 0.5) is 17.5 Å². The number of rotatable bonds is 2. The molecule has 2 N–H and O–H groups in total. The van der Waals surface area contributed by atoms with Gasteiger partial charge in [-0.05, 0) is 20.0 Å². The van der Waals surface area contributed by atoms with Crippen molar-refractivity contribution in [3.63, 3.8) is 0 Å². The molecule has 0 aromatic carbocycles. The summed E-state index contributed by atoms with van der Waals surface area (Å²) in [5, 5.41) is 11.0. The maximum Gasteiger partial charge on any atom is 0.329 e. The third-order valence-corrected chi connectivity index (χ3v) is 2.98. The molecule has 2 heterocycles. The molecular formula is C10H16N6O2. The van der Waals surface area contributed by atoms with Crippen molar-refractivity contribution in [1.29, 1.82) is 0 Å². The molecule has 1 fully saturated rings. The van der Waals surface area contributed by atoms with Gasteiger partial charge in [-0.25, -0.2) is 4.98 Å². The normalized spacial score (nSPS) is 17.5. The Bertz CT molecular complexity index is 452. The molecule has 8 nitrogen and oxygen atoms in total. The molecule has 1 saturated heterocycles. The summed E-state index contributed by atoms with van der Waals surface area (Å²) in [5.74, 6) is 0.385. The smallest absolute Gasteiger partial charge is 0.329 e. The highest BCUT2D eigenvalue weighted by Crippen LogP contribution is 2.26.